The quantitative estimate of drug-likeness (QED) is 0.0521. The summed E-state index contributed by atoms with van der Waals surface area (Å²) in [5.74, 6) is -1.43. The largest absolute Gasteiger partial charge is 0.472 e. The molecule has 2 aliphatic heterocycles. The summed E-state index contributed by atoms with van der Waals surface area (Å²) in [6, 6.07) is 9.44. The van der Waals surface area contributed by atoms with Gasteiger partial charge in [0.25, 0.3) is 0 Å². The van der Waals surface area contributed by atoms with Crippen molar-refractivity contribution in [2.45, 2.75) is 172 Å². The number of ether oxygens (including phenoxy) is 5. The zero-order chi connectivity index (χ0) is 42.9. The SMILES string of the molecule is CCCCCCCCCCCCCCCCCCOCC(COP(=O)(O)OC1C2(C)OCC3(c4ccc5c(N)ncnn45)OC(C)(C)OC132)OCc1cc(F)cc(C#N)c1. The van der Waals surface area contributed by atoms with Crippen LogP contribution in [0, 0.1) is 17.1 Å². The maximum absolute atomic E-state index is 14.2. The fourth-order valence-corrected chi connectivity index (χ4v) is 10.1. The van der Waals surface area contributed by atoms with Gasteiger partial charge in [-0.2, -0.15) is 10.4 Å². The van der Waals surface area contributed by atoms with E-state index in [1.54, 1.807) is 37.4 Å². The predicted molar refractivity (Wildman–Crippen MR) is 223 cm³/mol. The van der Waals surface area contributed by atoms with E-state index in [1.807, 2.05) is 6.07 Å². The lowest BCUT2D eigenvalue weighted by Gasteiger charge is -2.30. The van der Waals surface area contributed by atoms with E-state index in [-0.39, 0.29) is 37.8 Å². The second kappa shape index (κ2) is 20.4. The van der Waals surface area contributed by atoms with E-state index >= 15 is 0 Å². The first-order valence-corrected chi connectivity index (χ1v) is 23.5. The number of hydrogen-bond donors (Lipinski definition) is 2. The van der Waals surface area contributed by atoms with Gasteiger partial charge in [-0.25, -0.2) is 18.5 Å². The number of aromatic nitrogens is 3. The highest BCUT2D eigenvalue weighted by Gasteiger charge is 2.96. The molecule has 6 unspecified atom stereocenters. The molecule has 4 heterocycles. The van der Waals surface area contributed by atoms with Crippen LogP contribution < -0.4 is 5.73 Å². The van der Waals surface area contributed by atoms with Crippen molar-refractivity contribution in [2.24, 2.45) is 0 Å². The number of phosphoric ester groups is 1. The Morgan fingerprint density at radius 2 is 1.62 bits per heavy atom. The number of hydrogen-bond acceptors (Lipinski definition) is 12. The van der Waals surface area contributed by atoms with Gasteiger partial charge in [-0.1, -0.05) is 103 Å². The lowest BCUT2D eigenvalue weighted by Crippen LogP contribution is -2.44. The number of nitriles is 1. The minimum atomic E-state index is -4.80. The molecule has 60 heavy (non-hydrogen) atoms. The number of phosphoric acid groups is 1. The Kier molecular flexibility index (Phi) is 15.8. The molecule has 6 atom stereocenters. The number of nitrogens with two attached hydrogens (primary N) is 1. The van der Waals surface area contributed by atoms with Crippen LogP contribution in [0.2, 0.25) is 0 Å². The summed E-state index contributed by atoms with van der Waals surface area (Å²) in [4.78, 5) is 15.2. The van der Waals surface area contributed by atoms with Gasteiger partial charge in [0.2, 0.25) is 0 Å². The molecule has 2 saturated heterocycles. The predicted octanol–water partition coefficient (Wildman–Crippen LogP) is 9.21. The Balaban J connectivity index is 0.983. The highest BCUT2D eigenvalue weighted by Crippen LogP contribution is 2.76. The molecule has 16 heteroatoms. The molecule has 1 aliphatic carbocycles. The van der Waals surface area contributed by atoms with Crippen LogP contribution in [0.4, 0.5) is 10.2 Å². The summed E-state index contributed by atoms with van der Waals surface area (Å²) in [6.45, 7) is 7.64. The molecule has 0 radical (unpaired) electrons. The number of nitrogen functional groups attached to an aromatic ring is 1. The average Bonchev–Trinajstić information content (AvgIpc) is 3.56. The van der Waals surface area contributed by atoms with E-state index in [0.29, 0.717) is 23.4 Å². The van der Waals surface area contributed by atoms with E-state index < -0.39 is 48.4 Å². The maximum atomic E-state index is 14.2. The van der Waals surface area contributed by atoms with Gasteiger partial charge < -0.3 is 34.3 Å². The smallest absolute Gasteiger partial charge is 0.382 e. The Morgan fingerprint density at radius 3 is 2.27 bits per heavy atom. The number of fused-ring (bicyclic) bond motifs is 1. The van der Waals surface area contributed by atoms with Gasteiger partial charge in [0, 0.05) is 6.61 Å². The third-order valence-corrected chi connectivity index (χ3v) is 13.1. The fourth-order valence-electron chi connectivity index (χ4n) is 9.06. The van der Waals surface area contributed by atoms with Crippen LogP contribution in [0.5, 0.6) is 0 Å². The van der Waals surface area contributed by atoms with Crippen molar-refractivity contribution >= 4 is 19.2 Å². The molecule has 1 aromatic carbocycles. The summed E-state index contributed by atoms with van der Waals surface area (Å²) < 4.78 is 72.4. The van der Waals surface area contributed by atoms with Crippen molar-refractivity contribution in [1.82, 2.24) is 14.6 Å². The summed E-state index contributed by atoms with van der Waals surface area (Å²) in [5, 5.41) is 13.7. The van der Waals surface area contributed by atoms with Crippen LogP contribution in [-0.2, 0) is 49.5 Å². The van der Waals surface area contributed by atoms with Crippen LogP contribution in [-0.4, -0.2) is 75.1 Å². The Labute approximate surface area is 354 Å². The summed E-state index contributed by atoms with van der Waals surface area (Å²) >= 11 is 0. The molecule has 3 N–H and O–H groups in total. The standard InChI is InChI=1S/C44H65FN5O9P/c1-5-6-7-8-9-10-11-12-13-14-15-16-17-18-19-20-23-53-29-36(54-28-34-24-33(27-46)25-35(45)26-34)30-56-60(51,52)57-40-42(4)44(40)43(31-55-42,58-41(2,3)59-44)38-22-21-37-39(47)48-32-49-50(37)38/h21-22,24-26,32,36,40H,5-20,23,28-31H2,1-4H3,(H,51,52)(H2,47,48,49). The lowest BCUT2D eigenvalue weighted by molar-refractivity contribution is -0.191. The average molecular weight is 858 g/mol. The number of rotatable bonds is 28. The molecular formula is C44H65FN5O9P. The van der Waals surface area contributed by atoms with E-state index in [9.17, 15) is 19.1 Å². The van der Waals surface area contributed by atoms with E-state index in [2.05, 4.69) is 17.0 Å². The van der Waals surface area contributed by atoms with Crippen molar-refractivity contribution in [2.75, 3.05) is 32.2 Å². The minimum Gasteiger partial charge on any atom is -0.382 e. The van der Waals surface area contributed by atoms with E-state index in [4.69, 9.17) is 38.5 Å². The number of unbranched alkanes of at least 4 members (excludes halogenated alkanes) is 15. The Hall–Kier alpha value is -3.03. The minimum absolute atomic E-state index is 0.0495. The molecule has 2 aromatic heterocycles. The van der Waals surface area contributed by atoms with Crippen molar-refractivity contribution in [3.63, 3.8) is 0 Å². The molecule has 332 valence electrons. The maximum Gasteiger partial charge on any atom is 0.472 e. The summed E-state index contributed by atoms with van der Waals surface area (Å²) in [5.41, 5.74) is 4.01. The topological polar surface area (TPSA) is 182 Å². The molecule has 6 rings (SSSR count). The molecular weight excluding hydrogens is 792 g/mol. The van der Waals surface area contributed by atoms with Gasteiger partial charge in [-0.05, 0) is 63.1 Å². The Bertz CT molecular complexity index is 1960. The molecule has 1 saturated carbocycles. The van der Waals surface area contributed by atoms with Gasteiger partial charge in [0.1, 0.15) is 35.5 Å². The third-order valence-electron chi connectivity index (χ3n) is 12.1. The monoisotopic (exact) mass is 857 g/mol. The first-order valence-electron chi connectivity index (χ1n) is 22.0. The molecule has 1 spiro atoms. The first kappa shape index (κ1) is 46.5. The fraction of sp³-hybridized carbons (Fsp3) is 0.705. The highest BCUT2D eigenvalue weighted by atomic mass is 31.2. The zero-order valence-electron chi connectivity index (χ0n) is 35.9. The van der Waals surface area contributed by atoms with Crippen molar-refractivity contribution in [1.29, 1.82) is 5.26 Å². The van der Waals surface area contributed by atoms with E-state index in [0.717, 1.165) is 25.3 Å². The van der Waals surface area contributed by atoms with Crippen LogP contribution in [0.3, 0.4) is 0 Å². The van der Waals surface area contributed by atoms with Gasteiger partial charge in [0.15, 0.2) is 22.8 Å². The molecule has 14 nitrogen and oxygen atoms in total. The van der Waals surface area contributed by atoms with Crippen LogP contribution in [0.15, 0.2) is 36.7 Å². The van der Waals surface area contributed by atoms with Crippen molar-refractivity contribution in [3.8, 4) is 6.07 Å². The molecule has 0 bridgehead atoms. The van der Waals surface area contributed by atoms with Gasteiger partial charge in [-0.3, -0.25) is 9.05 Å². The van der Waals surface area contributed by atoms with Gasteiger partial charge in [0.05, 0.1) is 43.8 Å². The second-order valence-corrected chi connectivity index (χ2v) is 18.7. The normalized spacial score (nSPS) is 25.5. The molecule has 3 aliphatic rings. The van der Waals surface area contributed by atoms with Gasteiger partial charge >= 0.3 is 7.82 Å². The number of halogens is 1. The Morgan fingerprint density at radius 1 is 0.967 bits per heavy atom. The van der Waals surface area contributed by atoms with Crippen molar-refractivity contribution < 1.29 is 46.6 Å². The first-order chi connectivity index (χ1) is 28.8. The van der Waals surface area contributed by atoms with Crippen LogP contribution in [0.1, 0.15) is 147 Å². The zero-order valence-corrected chi connectivity index (χ0v) is 36.8. The van der Waals surface area contributed by atoms with Crippen LogP contribution >= 0.6 is 7.82 Å². The number of anilines is 1. The summed E-state index contributed by atoms with van der Waals surface area (Å²) in [7, 11) is -4.80. The van der Waals surface area contributed by atoms with E-state index in [1.165, 1.54) is 102 Å². The second-order valence-electron chi connectivity index (χ2n) is 17.2. The molecule has 3 fully saturated rings. The third kappa shape index (κ3) is 10.6. The highest BCUT2D eigenvalue weighted by molar-refractivity contribution is 7.47. The summed E-state index contributed by atoms with van der Waals surface area (Å²) in [6.07, 6.45) is 19.8. The molecule has 3 aromatic rings. The number of nitrogens with zero attached hydrogens (tertiary/aromatic N) is 4. The lowest BCUT2D eigenvalue weighted by atomic mass is 9.91. The van der Waals surface area contributed by atoms with Crippen molar-refractivity contribution in [3.05, 3.63) is 59.3 Å². The van der Waals surface area contributed by atoms with Crippen LogP contribution in [0.25, 0.3) is 5.52 Å². The number of benzene rings is 1. The molecule has 0 amide bonds. The van der Waals surface area contributed by atoms with Gasteiger partial charge in [-0.15, -0.1) is 0 Å².